The third-order valence-electron chi connectivity index (χ3n) is 3.28. The van der Waals surface area contributed by atoms with Crippen molar-refractivity contribution >= 4 is 42.9 Å². The second kappa shape index (κ2) is 5.40. The standard InChI is InChI=1S/C14H10Br2FN3O/c15-8-3-1-2-6(12(8)17)13(18)7-4-10-11(5-9(7)16)20-14(21)19-10/h1-5,13H,18H2,(H2,19,20,21). The van der Waals surface area contributed by atoms with Crippen LogP contribution in [0.1, 0.15) is 17.2 Å². The van der Waals surface area contributed by atoms with Gasteiger partial charge in [-0.05, 0) is 39.7 Å². The summed E-state index contributed by atoms with van der Waals surface area (Å²) in [6.45, 7) is 0. The number of nitrogens with one attached hydrogen (secondary N) is 2. The van der Waals surface area contributed by atoms with Gasteiger partial charge in [-0.1, -0.05) is 28.1 Å². The van der Waals surface area contributed by atoms with E-state index < -0.39 is 6.04 Å². The Balaban J connectivity index is 2.16. The lowest BCUT2D eigenvalue weighted by atomic mass is 9.99. The molecule has 2 aromatic carbocycles. The minimum Gasteiger partial charge on any atom is -0.320 e. The Morgan fingerprint density at radius 1 is 1.05 bits per heavy atom. The van der Waals surface area contributed by atoms with E-state index >= 15 is 0 Å². The molecule has 3 rings (SSSR count). The maximum Gasteiger partial charge on any atom is 0.323 e. The lowest BCUT2D eigenvalue weighted by Crippen LogP contribution is -2.14. The van der Waals surface area contributed by atoms with E-state index in [9.17, 15) is 9.18 Å². The van der Waals surface area contributed by atoms with Crippen LogP contribution in [0, 0.1) is 5.82 Å². The zero-order chi connectivity index (χ0) is 15.1. The Kier molecular flexibility index (Phi) is 3.73. The molecule has 1 unspecified atom stereocenters. The van der Waals surface area contributed by atoms with Gasteiger partial charge < -0.3 is 15.7 Å². The number of benzene rings is 2. The van der Waals surface area contributed by atoms with E-state index in [2.05, 4.69) is 41.8 Å². The van der Waals surface area contributed by atoms with Crippen molar-refractivity contribution in [3.05, 3.63) is 66.7 Å². The smallest absolute Gasteiger partial charge is 0.320 e. The lowest BCUT2D eigenvalue weighted by Gasteiger charge is -2.16. The minimum atomic E-state index is -0.653. The molecule has 0 aliphatic heterocycles. The van der Waals surface area contributed by atoms with Gasteiger partial charge in [-0.25, -0.2) is 9.18 Å². The van der Waals surface area contributed by atoms with Crippen LogP contribution in [0.3, 0.4) is 0 Å². The molecule has 4 N–H and O–H groups in total. The molecule has 0 fully saturated rings. The van der Waals surface area contributed by atoms with Crippen LogP contribution in [0.5, 0.6) is 0 Å². The summed E-state index contributed by atoms with van der Waals surface area (Å²) in [5, 5.41) is 0. The van der Waals surface area contributed by atoms with Crippen molar-refractivity contribution in [1.82, 2.24) is 9.97 Å². The summed E-state index contributed by atoms with van der Waals surface area (Å²) in [6, 6.07) is 7.82. The molecule has 0 bridgehead atoms. The summed E-state index contributed by atoms with van der Waals surface area (Å²) in [6.07, 6.45) is 0. The van der Waals surface area contributed by atoms with Gasteiger partial charge in [0, 0.05) is 10.0 Å². The maximum absolute atomic E-state index is 14.2. The van der Waals surface area contributed by atoms with Crippen LogP contribution in [-0.2, 0) is 0 Å². The number of imidazole rings is 1. The fraction of sp³-hybridized carbons (Fsp3) is 0.0714. The van der Waals surface area contributed by atoms with Crippen LogP contribution >= 0.6 is 31.9 Å². The predicted octanol–water partition coefficient (Wildman–Crippen LogP) is 3.57. The van der Waals surface area contributed by atoms with Crippen molar-refractivity contribution in [2.24, 2.45) is 5.73 Å². The third-order valence-corrected chi connectivity index (χ3v) is 4.58. The van der Waals surface area contributed by atoms with Gasteiger partial charge >= 0.3 is 5.69 Å². The first-order chi connectivity index (χ1) is 9.97. The number of rotatable bonds is 2. The molecule has 0 aliphatic carbocycles. The van der Waals surface area contributed by atoms with Crippen LogP contribution in [0.2, 0.25) is 0 Å². The van der Waals surface area contributed by atoms with Crippen LogP contribution in [-0.4, -0.2) is 9.97 Å². The Labute approximate surface area is 135 Å². The first kappa shape index (κ1) is 14.5. The lowest BCUT2D eigenvalue weighted by molar-refractivity contribution is 0.593. The Hall–Kier alpha value is -1.44. The average molecular weight is 415 g/mol. The van der Waals surface area contributed by atoms with Crippen molar-refractivity contribution in [1.29, 1.82) is 0 Å². The molecular weight excluding hydrogens is 405 g/mol. The van der Waals surface area contributed by atoms with Gasteiger partial charge in [0.2, 0.25) is 0 Å². The summed E-state index contributed by atoms with van der Waals surface area (Å²) in [5.74, 6) is -0.389. The molecule has 0 spiro atoms. The summed E-state index contributed by atoms with van der Waals surface area (Å²) in [4.78, 5) is 16.7. The van der Waals surface area contributed by atoms with E-state index in [0.717, 1.165) is 0 Å². The molecule has 0 saturated heterocycles. The molecule has 1 aromatic heterocycles. The number of halogens is 3. The minimum absolute atomic E-state index is 0.295. The highest BCUT2D eigenvalue weighted by Crippen LogP contribution is 2.32. The van der Waals surface area contributed by atoms with Gasteiger partial charge in [-0.15, -0.1) is 0 Å². The molecule has 7 heteroatoms. The highest BCUT2D eigenvalue weighted by molar-refractivity contribution is 9.10. The van der Waals surface area contributed by atoms with E-state index in [-0.39, 0.29) is 11.5 Å². The molecule has 0 radical (unpaired) electrons. The maximum atomic E-state index is 14.2. The molecule has 4 nitrogen and oxygen atoms in total. The van der Waals surface area contributed by atoms with Crippen LogP contribution in [0.25, 0.3) is 11.0 Å². The zero-order valence-corrected chi connectivity index (χ0v) is 13.8. The molecule has 0 saturated carbocycles. The molecule has 1 atom stereocenters. The van der Waals surface area contributed by atoms with E-state index in [1.807, 2.05) is 0 Å². The zero-order valence-electron chi connectivity index (χ0n) is 10.6. The highest BCUT2D eigenvalue weighted by atomic mass is 79.9. The monoisotopic (exact) mass is 413 g/mol. The van der Waals surface area contributed by atoms with Crippen molar-refractivity contribution in [2.45, 2.75) is 6.04 Å². The van der Waals surface area contributed by atoms with E-state index in [1.165, 1.54) is 0 Å². The first-order valence-corrected chi connectivity index (χ1v) is 7.67. The SMILES string of the molecule is NC(c1cc2[nH]c(=O)[nH]c2cc1Br)c1cccc(Br)c1F. The van der Waals surface area contributed by atoms with E-state index in [1.54, 1.807) is 30.3 Å². The van der Waals surface area contributed by atoms with Crippen LogP contribution in [0.15, 0.2) is 44.1 Å². The van der Waals surface area contributed by atoms with E-state index in [0.29, 0.717) is 31.1 Å². The van der Waals surface area contributed by atoms with Crippen LogP contribution in [0.4, 0.5) is 4.39 Å². The second-order valence-corrected chi connectivity index (χ2v) is 6.33. The highest BCUT2D eigenvalue weighted by Gasteiger charge is 2.18. The van der Waals surface area contributed by atoms with Crippen LogP contribution < -0.4 is 11.4 Å². The molecule has 21 heavy (non-hydrogen) atoms. The van der Waals surface area contributed by atoms with Crippen molar-refractivity contribution in [2.75, 3.05) is 0 Å². The van der Waals surface area contributed by atoms with Crippen molar-refractivity contribution in [3.63, 3.8) is 0 Å². The number of hydrogen-bond acceptors (Lipinski definition) is 2. The summed E-state index contributed by atoms with van der Waals surface area (Å²) < 4.78 is 15.3. The number of aromatic amines is 2. The number of nitrogens with two attached hydrogens (primary N) is 1. The van der Waals surface area contributed by atoms with Crippen molar-refractivity contribution < 1.29 is 4.39 Å². The van der Waals surface area contributed by atoms with E-state index in [4.69, 9.17) is 5.73 Å². The number of H-pyrrole nitrogens is 2. The number of fused-ring (bicyclic) bond motifs is 1. The van der Waals surface area contributed by atoms with Gasteiger partial charge in [0.15, 0.2) is 0 Å². The Bertz CT molecular complexity index is 888. The summed E-state index contributed by atoms with van der Waals surface area (Å²) in [5.41, 5.74) is 8.26. The predicted molar refractivity (Wildman–Crippen MR) is 86.7 cm³/mol. The summed E-state index contributed by atoms with van der Waals surface area (Å²) in [7, 11) is 0. The Morgan fingerprint density at radius 3 is 2.43 bits per heavy atom. The van der Waals surface area contributed by atoms with Crippen molar-refractivity contribution in [3.8, 4) is 0 Å². The first-order valence-electron chi connectivity index (χ1n) is 6.08. The van der Waals surface area contributed by atoms with Gasteiger partial charge in [-0.2, -0.15) is 0 Å². The van der Waals surface area contributed by atoms with Gasteiger partial charge in [-0.3, -0.25) is 0 Å². The quantitative estimate of drug-likeness (QED) is 0.599. The van der Waals surface area contributed by atoms with Gasteiger partial charge in [0.05, 0.1) is 21.5 Å². The number of hydrogen-bond donors (Lipinski definition) is 3. The Morgan fingerprint density at radius 2 is 1.71 bits per heavy atom. The molecule has 1 heterocycles. The molecule has 0 aliphatic rings. The fourth-order valence-electron chi connectivity index (χ4n) is 2.24. The normalized spacial score (nSPS) is 12.8. The molecule has 108 valence electrons. The molecule has 3 aromatic rings. The number of aromatic nitrogens is 2. The second-order valence-electron chi connectivity index (χ2n) is 4.62. The fourth-order valence-corrected chi connectivity index (χ4v) is 3.21. The topological polar surface area (TPSA) is 74.7 Å². The largest absolute Gasteiger partial charge is 0.323 e. The average Bonchev–Trinajstić information content (AvgIpc) is 2.79. The van der Waals surface area contributed by atoms with Gasteiger partial charge in [0.25, 0.3) is 0 Å². The molecular formula is C14H10Br2FN3O. The molecule has 0 amide bonds. The van der Waals surface area contributed by atoms with Gasteiger partial charge in [0.1, 0.15) is 5.82 Å². The summed E-state index contributed by atoms with van der Waals surface area (Å²) >= 11 is 6.57. The third kappa shape index (κ3) is 2.56.